The first-order chi connectivity index (χ1) is 13.4. The Labute approximate surface area is 165 Å². The molecule has 0 saturated carbocycles. The number of carbonyl (C=O) groups is 1. The molecule has 150 valence electrons. The normalized spacial score (nSPS) is 14.7. The lowest BCUT2D eigenvalue weighted by Crippen LogP contribution is -2.40. The van der Waals surface area contributed by atoms with E-state index in [1.165, 1.54) is 12.1 Å². The van der Waals surface area contributed by atoms with Gasteiger partial charge < -0.3 is 14.4 Å². The first-order valence-electron chi connectivity index (χ1n) is 9.18. The minimum atomic E-state index is -3.56. The predicted molar refractivity (Wildman–Crippen MR) is 106 cm³/mol. The van der Waals surface area contributed by atoms with Crippen molar-refractivity contribution in [3.8, 4) is 11.5 Å². The van der Waals surface area contributed by atoms with Gasteiger partial charge in [0.1, 0.15) is 18.1 Å². The minimum absolute atomic E-state index is 0.144. The molecular formula is C20H24N2O5S. The molecule has 8 heteroatoms. The number of carbonyl (C=O) groups excluding carboxylic acids is 1. The topological polar surface area (TPSA) is 84.9 Å². The molecule has 0 fully saturated rings. The SMILES string of the molecule is CC[C@@H](C)NS(=O)(=O)c1ccc(OCC(=O)N2CCOc3ccccc32)cc1. The molecule has 2 aromatic rings. The van der Waals surface area contributed by atoms with E-state index < -0.39 is 10.0 Å². The van der Waals surface area contributed by atoms with Gasteiger partial charge in [0, 0.05) is 6.04 Å². The number of sulfonamides is 1. The maximum absolute atomic E-state index is 12.6. The quantitative estimate of drug-likeness (QED) is 0.767. The van der Waals surface area contributed by atoms with E-state index in [4.69, 9.17) is 9.47 Å². The molecule has 1 aliphatic rings. The van der Waals surface area contributed by atoms with Crippen molar-refractivity contribution in [1.82, 2.24) is 4.72 Å². The maximum atomic E-state index is 12.6. The van der Waals surface area contributed by atoms with E-state index in [0.717, 1.165) is 5.69 Å². The molecule has 0 aromatic heterocycles. The van der Waals surface area contributed by atoms with Crippen molar-refractivity contribution < 1.29 is 22.7 Å². The van der Waals surface area contributed by atoms with Crippen molar-refractivity contribution in [2.24, 2.45) is 0 Å². The van der Waals surface area contributed by atoms with Gasteiger partial charge in [0.2, 0.25) is 10.0 Å². The molecule has 1 N–H and O–H groups in total. The number of para-hydroxylation sites is 2. The lowest BCUT2D eigenvalue weighted by molar-refractivity contribution is -0.120. The van der Waals surface area contributed by atoms with E-state index in [2.05, 4.69) is 4.72 Å². The summed E-state index contributed by atoms with van der Waals surface area (Å²) in [5.41, 5.74) is 0.722. The number of anilines is 1. The van der Waals surface area contributed by atoms with Crippen molar-refractivity contribution >= 4 is 21.6 Å². The number of nitrogens with one attached hydrogen (secondary N) is 1. The molecule has 0 saturated heterocycles. The van der Waals surface area contributed by atoms with Crippen LogP contribution in [0.4, 0.5) is 5.69 Å². The number of fused-ring (bicyclic) bond motifs is 1. The zero-order valence-corrected chi connectivity index (χ0v) is 16.7. The average Bonchev–Trinajstić information content (AvgIpc) is 2.71. The summed E-state index contributed by atoms with van der Waals surface area (Å²) in [5.74, 6) is 0.911. The van der Waals surface area contributed by atoms with Crippen molar-refractivity contribution in [1.29, 1.82) is 0 Å². The van der Waals surface area contributed by atoms with Gasteiger partial charge in [-0.3, -0.25) is 4.79 Å². The molecule has 0 unspecified atom stereocenters. The zero-order chi connectivity index (χ0) is 20.1. The average molecular weight is 404 g/mol. The highest BCUT2D eigenvalue weighted by Gasteiger charge is 2.23. The Hall–Kier alpha value is -2.58. The second-order valence-electron chi connectivity index (χ2n) is 6.55. The van der Waals surface area contributed by atoms with Gasteiger partial charge in [-0.1, -0.05) is 19.1 Å². The van der Waals surface area contributed by atoms with E-state index >= 15 is 0 Å². The largest absolute Gasteiger partial charge is 0.490 e. The fourth-order valence-electron chi connectivity index (χ4n) is 2.78. The van der Waals surface area contributed by atoms with E-state index in [9.17, 15) is 13.2 Å². The highest BCUT2D eigenvalue weighted by atomic mass is 32.2. The Bertz CT molecular complexity index is 928. The van der Waals surface area contributed by atoms with Crippen molar-refractivity contribution in [2.75, 3.05) is 24.7 Å². The van der Waals surface area contributed by atoms with Gasteiger partial charge >= 0.3 is 0 Å². The fraction of sp³-hybridized carbons (Fsp3) is 0.350. The molecule has 0 aliphatic carbocycles. The van der Waals surface area contributed by atoms with E-state index in [1.807, 2.05) is 38.1 Å². The first-order valence-corrected chi connectivity index (χ1v) is 10.7. The molecule has 3 rings (SSSR count). The summed E-state index contributed by atoms with van der Waals surface area (Å²) in [6, 6.07) is 13.2. The van der Waals surface area contributed by atoms with Crippen LogP contribution in [-0.2, 0) is 14.8 Å². The second kappa shape index (κ2) is 8.62. The van der Waals surface area contributed by atoms with Gasteiger partial charge in [-0.15, -0.1) is 0 Å². The summed E-state index contributed by atoms with van der Waals surface area (Å²) >= 11 is 0. The Morgan fingerprint density at radius 3 is 2.64 bits per heavy atom. The number of nitrogens with zero attached hydrogens (tertiary/aromatic N) is 1. The standard InChI is InChI=1S/C20H24N2O5S/c1-3-15(2)21-28(24,25)17-10-8-16(9-11-17)27-14-20(23)22-12-13-26-19-7-5-4-6-18(19)22/h4-11,15,21H,3,12-14H2,1-2H3/t15-/m1/s1. The molecule has 1 atom stereocenters. The van der Waals surface area contributed by atoms with Crippen LogP contribution in [0.15, 0.2) is 53.4 Å². The minimum Gasteiger partial charge on any atom is -0.490 e. The second-order valence-corrected chi connectivity index (χ2v) is 8.27. The van der Waals surface area contributed by atoms with Gasteiger partial charge in [-0.25, -0.2) is 13.1 Å². The summed E-state index contributed by atoms with van der Waals surface area (Å²) in [5, 5.41) is 0. The monoisotopic (exact) mass is 404 g/mol. The van der Waals surface area contributed by atoms with Crippen LogP contribution in [0.3, 0.4) is 0 Å². The third kappa shape index (κ3) is 4.63. The highest BCUT2D eigenvalue weighted by Crippen LogP contribution is 2.31. The Kier molecular flexibility index (Phi) is 6.21. The molecule has 1 aliphatic heterocycles. The summed E-state index contributed by atoms with van der Waals surface area (Å²) in [7, 11) is -3.56. The molecule has 1 heterocycles. The van der Waals surface area contributed by atoms with Gasteiger partial charge in [-0.2, -0.15) is 0 Å². The third-order valence-corrected chi connectivity index (χ3v) is 6.10. The molecule has 2 aromatic carbocycles. The zero-order valence-electron chi connectivity index (χ0n) is 15.9. The smallest absolute Gasteiger partial charge is 0.265 e. The van der Waals surface area contributed by atoms with Crippen LogP contribution in [0.25, 0.3) is 0 Å². The first kappa shape index (κ1) is 20.2. The van der Waals surface area contributed by atoms with Crippen molar-refractivity contribution in [3.05, 3.63) is 48.5 Å². The molecular weight excluding hydrogens is 380 g/mol. The number of hydrogen-bond donors (Lipinski definition) is 1. The van der Waals surface area contributed by atoms with E-state index in [1.54, 1.807) is 17.0 Å². The van der Waals surface area contributed by atoms with Crippen LogP contribution in [0.5, 0.6) is 11.5 Å². The highest BCUT2D eigenvalue weighted by molar-refractivity contribution is 7.89. The van der Waals surface area contributed by atoms with Crippen LogP contribution in [0.2, 0.25) is 0 Å². The molecule has 28 heavy (non-hydrogen) atoms. The van der Waals surface area contributed by atoms with Crippen molar-refractivity contribution in [2.45, 2.75) is 31.2 Å². The van der Waals surface area contributed by atoms with Crippen molar-refractivity contribution in [3.63, 3.8) is 0 Å². The molecule has 1 amide bonds. The fourth-order valence-corrected chi connectivity index (χ4v) is 4.11. The number of ether oxygens (including phenoxy) is 2. The van der Waals surface area contributed by atoms with Gasteiger partial charge in [-0.05, 0) is 49.7 Å². The van der Waals surface area contributed by atoms with Crippen LogP contribution in [-0.4, -0.2) is 40.1 Å². The Morgan fingerprint density at radius 1 is 1.21 bits per heavy atom. The van der Waals surface area contributed by atoms with E-state index in [-0.39, 0.29) is 23.5 Å². The number of amides is 1. The lowest BCUT2D eigenvalue weighted by atomic mass is 10.2. The van der Waals surface area contributed by atoms with Crippen LogP contribution in [0.1, 0.15) is 20.3 Å². The predicted octanol–water partition coefficient (Wildman–Crippen LogP) is 2.57. The number of benzene rings is 2. The Morgan fingerprint density at radius 2 is 1.93 bits per heavy atom. The summed E-state index contributed by atoms with van der Waals surface area (Å²) in [6.45, 7) is 4.46. The van der Waals surface area contributed by atoms with Gasteiger partial charge in [0.25, 0.3) is 5.91 Å². The third-order valence-electron chi connectivity index (χ3n) is 4.49. The molecule has 7 nitrogen and oxygen atoms in total. The Balaban J connectivity index is 1.62. The number of rotatable bonds is 7. The molecule has 0 spiro atoms. The lowest BCUT2D eigenvalue weighted by Gasteiger charge is -2.29. The summed E-state index contributed by atoms with van der Waals surface area (Å²) in [4.78, 5) is 14.3. The van der Waals surface area contributed by atoms with Gasteiger partial charge in [0.05, 0.1) is 17.1 Å². The maximum Gasteiger partial charge on any atom is 0.265 e. The van der Waals surface area contributed by atoms with E-state index in [0.29, 0.717) is 31.1 Å². The molecule has 0 bridgehead atoms. The van der Waals surface area contributed by atoms with Crippen LogP contribution in [0, 0.1) is 0 Å². The summed E-state index contributed by atoms with van der Waals surface area (Å²) in [6.07, 6.45) is 0.702. The number of hydrogen-bond acceptors (Lipinski definition) is 5. The molecule has 0 radical (unpaired) electrons. The van der Waals surface area contributed by atoms with Gasteiger partial charge in [0.15, 0.2) is 6.61 Å². The van der Waals surface area contributed by atoms with Crippen LogP contribution < -0.4 is 19.1 Å². The van der Waals surface area contributed by atoms with Crippen LogP contribution >= 0.6 is 0 Å². The summed E-state index contributed by atoms with van der Waals surface area (Å²) < 4.78 is 38.3.